The maximum absolute atomic E-state index is 13.2. The summed E-state index contributed by atoms with van der Waals surface area (Å²) in [6.07, 6.45) is 7.17. The fraction of sp³-hybridized carbons (Fsp3) is 0.467. The zero-order valence-corrected chi connectivity index (χ0v) is 11.8. The SMILES string of the molecule is CCCCCCCC#Cc1ccc(Br)c(F)c1. The highest BCUT2D eigenvalue weighted by Gasteiger charge is 1.97. The summed E-state index contributed by atoms with van der Waals surface area (Å²) in [4.78, 5) is 0. The highest BCUT2D eigenvalue weighted by Crippen LogP contribution is 2.15. The molecule has 0 saturated heterocycles. The molecule has 1 rings (SSSR count). The van der Waals surface area contributed by atoms with Gasteiger partial charge in [-0.1, -0.05) is 44.4 Å². The van der Waals surface area contributed by atoms with Gasteiger partial charge in [0, 0.05) is 12.0 Å². The van der Waals surface area contributed by atoms with E-state index in [1.165, 1.54) is 31.7 Å². The molecule has 0 spiro atoms. The molecule has 0 radical (unpaired) electrons. The third-order valence-electron chi connectivity index (χ3n) is 2.56. The molecule has 0 bridgehead atoms. The van der Waals surface area contributed by atoms with Gasteiger partial charge in [-0.25, -0.2) is 4.39 Å². The molecule has 0 atom stereocenters. The van der Waals surface area contributed by atoms with Crippen LogP contribution in [0.5, 0.6) is 0 Å². The van der Waals surface area contributed by atoms with Crippen LogP contribution < -0.4 is 0 Å². The molecule has 0 saturated carbocycles. The molecule has 0 unspecified atom stereocenters. The Balaban J connectivity index is 2.31. The summed E-state index contributed by atoms with van der Waals surface area (Å²) in [7, 11) is 0. The monoisotopic (exact) mass is 296 g/mol. The first-order chi connectivity index (χ1) is 8.24. The summed E-state index contributed by atoms with van der Waals surface area (Å²) in [6.45, 7) is 2.21. The molecule has 0 aliphatic rings. The van der Waals surface area contributed by atoms with Crippen molar-refractivity contribution in [3.63, 3.8) is 0 Å². The molecule has 0 aromatic heterocycles. The fourth-order valence-corrected chi connectivity index (χ4v) is 1.80. The van der Waals surface area contributed by atoms with Crippen molar-refractivity contribution in [3.05, 3.63) is 34.1 Å². The van der Waals surface area contributed by atoms with E-state index in [9.17, 15) is 4.39 Å². The second-order valence-corrected chi connectivity index (χ2v) is 4.95. The zero-order valence-electron chi connectivity index (χ0n) is 10.2. The Labute approximate surface area is 112 Å². The van der Waals surface area contributed by atoms with Crippen molar-refractivity contribution < 1.29 is 4.39 Å². The lowest BCUT2D eigenvalue weighted by Gasteiger charge is -1.95. The van der Waals surface area contributed by atoms with Crippen molar-refractivity contribution in [2.75, 3.05) is 0 Å². The topological polar surface area (TPSA) is 0 Å². The van der Waals surface area contributed by atoms with E-state index in [-0.39, 0.29) is 5.82 Å². The summed E-state index contributed by atoms with van der Waals surface area (Å²) in [5, 5.41) is 0. The molecule has 0 aliphatic carbocycles. The molecule has 92 valence electrons. The first-order valence-corrected chi connectivity index (χ1v) is 6.97. The number of halogens is 2. The van der Waals surface area contributed by atoms with Crippen molar-refractivity contribution in [1.29, 1.82) is 0 Å². The molecule has 0 aliphatic heterocycles. The molecule has 1 aromatic carbocycles. The lowest BCUT2D eigenvalue weighted by molar-refractivity contribution is 0.620. The average Bonchev–Trinajstić information content (AvgIpc) is 2.32. The average molecular weight is 297 g/mol. The van der Waals surface area contributed by atoms with Crippen LogP contribution in [-0.4, -0.2) is 0 Å². The zero-order chi connectivity index (χ0) is 12.5. The number of rotatable bonds is 5. The van der Waals surface area contributed by atoms with Crippen molar-refractivity contribution in [1.82, 2.24) is 0 Å². The normalized spacial score (nSPS) is 9.82. The van der Waals surface area contributed by atoms with E-state index in [0.29, 0.717) is 4.47 Å². The number of hydrogen-bond acceptors (Lipinski definition) is 0. The van der Waals surface area contributed by atoms with Gasteiger partial charge in [-0.15, -0.1) is 0 Å². The minimum atomic E-state index is -0.250. The predicted octanol–water partition coefficient (Wildman–Crippen LogP) is 5.30. The van der Waals surface area contributed by atoms with Crippen molar-refractivity contribution >= 4 is 15.9 Å². The number of benzene rings is 1. The molecule has 0 heterocycles. The van der Waals surface area contributed by atoms with Crippen LogP contribution in [0, 0.1) is 17.7 Å². The van der Waals surface area contributed by atoms with E-state index in [0.717, 1.165) is 18.4 Å². The van der Waals surface area contributed by atoms with Crippen LogP contribution in [0.4, 0.5) is 4.39 Å². The van der Waals surface area contributed by atoms with Gasteiger partial charge in [0.05, 0.1) is 4.47 Å². The smallest absolute Gasteiger partial charge is 0.138 e. The lowest BCUT2D eigenvalue weighted by Crippen LogP contribution is -1.80. The first-order valence-electron chi connectivity index (χ1n) is 6.18. The van der Waals surface area contributed by atoms with Gasteiger partial charge in [-0.3, -0.25) is 0 Å². The summed E-state index contributed by atoms with van der Waals surface area (Å²) < 4.78 is 13.7. The summed E-state index contributed by atoms with van der Waals surface area (Å²) >= 11 is 3.12. The quantitative estimate of drug-likeness (QED) is 0.511. The largest absolute Gasteiger partial charge is 0.206 e. The first kappa shape index (κ1) is 14.3. The molecule has 0 N–H and O–H groups in total. The number of unbranched alkanes of at least 4 members (excludes halogenated alkanes) is 5. The van der Waals surface area contributed by atoms with E-state index in [2.05, 4.69) is 34.7 Å². The van der Waals surface area contributed by atoms with Crippen LogP contribution in [-0.2, 0) is 0 Å². The Morgan fingerprint density at radius 1 is 1.18 bits per heavy atom. The van der Waals surface area contributed by atoms with Crippen LogP contribution in [0.1, 0.15) is 51.0 Å². The van der Waals surface area contributed by atoms with E-state index >= 15 is 0 Å². The second-order valence-electron chi connectivity index (χ2n) is 4.09. The third kappa shape index (κ3) is 5.89. The van der Waals surface area contributed by atoms with Crippen LogP contribution in [0.25, 0.3) is 0 Å². The van der Waals surface area contributed by atoms with Gasteiger partial charge in [0.1, 0.15) is 5.82 Å². The lowest BCUT2D eigenvalue weighted by atomic mass is 10.1. The molecular formula is C15H18BrF. The van der Waals surface area contributed by atoms with Crippen LogP contribution in [0.15, 0.2) is 22.7 Å². The van der Waals surface area contributed by atoms with Crippen molar-refractivity contribution in [2.24, 2.45) is 0 Å². The Hall–Kier alpha value is -0.810. The van der Waals surface area contributed by atoms with Gasteiger partial charge < -0.3 is 0 Å². The molecule has 0 fully saturated rings. The standard InChI is InChI=1S/C15H18BrF/c1-2-3-4-5-6-7-8-9-13-10-11-14(16)15(17)12-13/h10-12H,2-7H2,1H3. The van der Waals surface area contributed by atoms with E-state index in [1.807, 2.05) is 6.07 Å². The molecule has 0 nitrogen and oxygen atoms in total. The highest BCUT2D eigenvalue weighted by atomic mass is 79.9. The Kier molecular flexibility index (Phi) is 6.96. The fourth-order valence-electron chi connectivity index (χ4n) is 1.56. The molecule has 1 aromatic rings. The van der Waals surface area contributed by atoms with Gasteiger partial charge >= 0.3 is 0 Å². The van der Waals surface area contributed by atoms with Crippen LogP contribution >= 0.6 is 15.9 Å². The van der Waals surface area contributed by atoms with Crippen molar-refractivity contribution in [3.8, 4) is 11.8 Å². The molecule has 2 heteroatoms. The molecule has 0 amide bonds. The van der Waals surface area contributed by atoms with E-state index in [1.54, 1.807) is 6.07 Å². The Bertz CT molecular complexity index is 401. The maximum Gasteiger partial charge on any atom is 0.138 e. The highest BCUT2D eigenvalue weighted by molar-refractivity contribution is 9.10. The van der Waals surface area contributed by atoms with Crippen molar-refractivity contribution in [2.45, 2.75) is 45.4 Å². The molecule has 17 heavy (non-hydrogen) atoms. The van der Waals surface area contributed by atoms with Gasteiger partial charge in [0.25, 0.3) is 0 Å². The Morgan fingerprint density at radius 2 is 1.94 bits per heavy atom. The Morgan fingerprint density at radius 3 is 2.65 bits per heavy atom. The van der Waals surface area contributed by atoms with Crippen LogP contribution in [0.2, 0.25) is 0 Å². The van der Waals surface area contributed by atoms with Gasteiger partial charge in [-0.05, 0) is 40.5 Å². The number of hydrogen-bond donors (Lipinski definition) is 0. The minimum Gasteiger partial charge on any atom is -0.206 e. The summed E-state index contributed by atoms with van der Waals surface area (Å²) in [6, 6.07) is 4.99. The van der Waals surface area contributed by atoms with Crippen LogP contribution in [0.3, 0.4) is 0 Å². The summed E-state index contributed by atoms with van der Waals surface area (Å²) in [5.74, 6) is 5.84. The van der Waals surface area contributed by atoms with Gasteiger partial charge in [0.2, 0.25) is 0 Å². The summed E-state index contributed by atoms with van der Waals surface area (Å²) in [5.41, 5.74) is 0.749. The minimum absolute atomic E-state index is 0.250. The molecular weight excluding hydrogens is 279 g/mol. The maximum atomic E-state index is 13.2. The second kappa shape index (κ2) is 8.31. The third-order valence-corrected chi connectivity index (χ3v) is 3.20. The van der Waals surface area contributed by atoms with Gasteiger partial charge in [-0.2, -0.15) is 0 Å². The predicted molar refractivity (Wildman–Crippen MR) is 74.4 cm³/mol. The van der Waals surface area contributed by atoms with Gasteiger partial charge in [0.15, 0.2) is 0 Å². The van der Waals surface area contributed by atoms with E-state index in [4.69, 9.17) is 0 Å². The van der Waals surface area contributed by atoms with E-state index < -0.39 is 0 Å².